The first-order chi connectivity index (χ1) is 9.28. The SMILES string of the molecule is CCc1nc2ccccc2n1Cc1cccc(C)c1. The van der Waals surface area contributed by atoms with E-state index in [2.05, 4.69) is 60.9 Å². The molecule has 0 aliphatic rings. The maximum Gasteiger partial charge on any atom is 0.109 e. The first-order valence-corrected chi connectivity index (χ1v) is 6.77. The molecule has 0 bridgehead atoms. The molecule has 0 spiro atoms. The molecule has 2 aromatic carbocycles. The smallest absolute Gasteiger partial charge is 0.109 e. The van der Waals surface area contributed by atoms with Crippen LogP contribution in [0.4, 0.5) is 0 Å². The summed E-state index contributed by atoms with van der Waals surface area (Å²) in [7, 11) is 0. The van der Waals surface area contributed by atoms with Gasteiger partial charge in [0.05, 0.1) is 11.0 Å². The molecule has 0 aliphatic carbocycles. The van der Waals surface area contributed by atoms with E-state index in [9.17, 15) is 0 Å². The van der Waals surface area contributed by atoms with Crippen LogP contribution in [0.2, 0.25) is 0 Å². The van der Waals surface area contributed by atoms with Crippen molar-refractivity contribution in [3.63, 3.8) is 0 Å². The van der Waals surface area contributed by atoms with E-state index in [1.54, 1.807) is 0 Å². The number of rotatable bonds is 3. The molecule has 3 rings (SSSR count). The van der Waals surface area contributed by atoms with Gasteiger partial charge >= 0.3 is 0 Å². The number of aryl methyl sites for hydroxylation is 2. The maximum absolute atomic E-state index is 4.71. The van der Waals surface area contributed by atoms with Gasteiger partial charge in [-0.1, -0.05) is 48.9 Å². The summed E-state index contributed by atoms with van der Waals surface area (Å²) in [5.74, 6) is 1.16. The fourth-order valence-corrected chi connectivity index (χ4v) is 2.56. The van der Waals surface area contributed by atoms with Gasteiger partial charge in [-0.05, 0) is 24.6 Å². The van der Waals surface area contributed by atoms with Crippen molar-refractivity contribution in [2.45, 2.75) is 26.8 Å². The fraction of sp³-hybridized carbons (Fsp3) is 0.235. The van der Waals surface area contributed by atoms with Crippen LogP contribution in [-0.2, 0) is 13.0 Å². The Morgan fingerprint density at radius 1 is 1.05 bits per heavy atom. The molecular formula is C17H18N2. The van der Waals surface area contributed by atoms with Gasteiger partial charge < -0.3 is 4.57 Å². The van der Waals surface area contributed by atoms with E-state index in [-0.39, 0.29) is 0 Å². The molecule has 0 radical (unpaired) electrons. The molecule has 2 heteroatoms. The number of aromatic nitrogens is 2. The lowest BCUT2D eigenvalue weighted by Gasteiger charge is -2.09. The van der Waals surface area contributed by atoms with Gasteiger partial charge in [-0.2, -0.15) is 0 Å². The molecule has 0 saturated carbocycles. The van der Waals surface area contributed by atoms with E-state index in [0.717, 1.165) is 24.3 Å². The summed E-state index contributed by atoms with van der Waals surface area (Å²) < 4.78 is 2.32. The minimum Gasteiger partial charge on any atom is -0.323 e. The lowest BCUT2D eigenvalue weighted by molar-refractivity contribution is 0.752. The van der Waals surface area contributed by atoms with Gasteiger partial charge in [0.2, 0.25) is 0 Å². The Bertz CT molecular complexity index is 710. The van der Waals surface area contributed by atoms with E-state index in [0.29, 0.717) is 0 Å². The Kier molecular flexibility index (Phi) is 3.08. The van der Waals surface area contributed by atoms with Crippen molar-refractivity contribution in [1.82, 2.24) is 9.55 Å². The van der Waals surface area contributed by atoms with E-state index >= 15 is 0 Å². The molecule has 2 nitrogen and oxygen atoms in total. The predicted molar refractivity (Wildman–Crippen MR) is 79.4 cm³/mol. The molecule has 1 heterocycles. The standard InChI is InChI=1S/C17H18N2/c1-3-17-18-15-9-4-5-10-16(15)19(17)12-14-8-6-7-13(2)11-14/h4-11H,3,12H2,1-2H3. The van der Waals surface area contributed by atoms with Gasteiger partial charge in [0.25, 0.3) is 0 Å². The molecule has 96 valence electrons. The third-order valence-electron chi connectivity index (χ3n) is 3.47. The normalized spacial score (nSPS) is 11.1. The largest absolute Gasteiger partial charge is 0.323 e. The average Bonchev–Trinajstić information content (AvgIpc) is 2.77. The lowest BCUT2D eigenvalue weighted by atomic mass is 10.1. The van der Waals surface area contributed by atoms with Crippen molar-refractivity contribution >= 4 is 11.0 Å². The van der Waals surface area contributed by atoms with Crippen LogP contribution in [0.25, 0.3) is 11.0 Å². The van der Waals surface area contributed by atoms with Crippen molar-refractivity contribution in [1.29, 1.82) is 0 Å². The van der Waals surface area contributed by atoms with Gasteiger partial charge in [0.15, 0.2) is 0 Å². The number of fused-ring (bicyclic) bond motifs is 1. The van der Waals surface area contributed by atoms with Crippen LogP contribution in [0, 0.1) is 6.92 Å². The molecule has 0 unspecified atom stereocenters. The summed E-state index contributed by atoms with van der Waals surface area (Å²) in [4.78, 5) is 4.71. The monoisotopic (exact) mass is 250 g/mol. The Labute approximate surface area is 113 Å². The van der Waals surface area contributed by atoms with Gasteiger partial charge in [-0.25, -0.2) is 4.98 Å². The molecule has 19 heavy (non-hydrogen) atoms. The van der Waals surface area contributed by atoms with Crippen molar-refractivity contribution in [3.8, 4) is 0 Å². The van der Waals surface area contributed by atoms with Crippen molar-refractivity contribution in [2.75, 3.05) is 0 Å². The van der Waals surface area contributed by atoms with Crippen LogP contribution in [-0.4, -0.2) is 9.55 Å². The summed E-state index contributed by atoms with van der Waals surface area (Å²) >= 11 is 0. The van der Waals surface area contributed by atoms with E-state index in [1.165, 1.54) is 16.6 Å². The number of imidazole rings is 1. The highest BCUT2D eigenvalue weighted by atomic mass is 15.1. The topological polar surface area (TPSA) is 17.8 Å². The van der Waals surface area contributed by atoms with Gasteiger partial charge in [0.1, 0.15) is 5.82 Å². The van der Waals surface area contributed by atoms with E-state index < -0.39 is 0 Å². The second kappa shape index (κ2) is 4.88. The van der Waals surface area contributed by atoms with Crippen LogP contribution in [0.5, 0.6) is 0 Å². The van der Waals surface area contributed by atoms with Crippen molar-refractivity contribution in [2.24, 2.45) is 0 Å². The van der Waals surface area contributed by atoms with E-state index in [4.69, 9.17) is 4.98 Å². The molecule has 1 aromatic heterocycles. The third kappa shape index (κ3) is 2.26. The van der Waals surface area contributed by atoms with Crippen LogP contribution in [0.1, 0.15) is 23.9 Å². The summed E-state index contributed by atoms with van der Waals surface area (Å²) in [5, 5.41) is 0. The molecule has 0 saturated heterocycles. The number of hydrogen-bond acceptors (Lipinski definition) is 1. The quantitative estimate of drug-likeness (QED) is 0.688. The third-order valence-corrected chi connectivity index (χ3v) is 3.47. The Hall–Kier alpha value is -2.09. The number of para-hydroxylation sites is 2. The average molecular weight is 250 g/mol. The molecule has 0 atom stereocenters. The highest BCUT2D eigenvalue weighted by Crippen LogP contribution is 2.18. The summed E-state index contributed by atoms with van der Waals surface area (Å²) in [5.41, 5.74) is 4.95. The second-order valence-electron chi connectivity index (χ2n) is 4.95. The highest BCUT2D eigenvalue weighted by molar-refractivity contribution is 5.76. The van der Waals surface area contributed by atoms with Crippen LogP contribution >= 0.6 is 0 Å². The van der Waals surface area contributed by atoms with Crippen molar-refractivity contribution < 1.29 is 0 Å². The summed E-state index contributed by atoms with van der Waals surface area (Å²) in [6.45, 7) is 5.19. The second-order valence-corrected chi connectivity index (χ2v) is 4.95. The Morgan fingerprint density at radius 3 is 2.68 bits per heavy atom. The Balaban J connectivity index is 2.08. The first kappa shape index (κ1) is 12.0. The predicted octanol–water partition coefficient (Wildman–Crippen LogP) is 3.96. The minimum atomic E-state index is 0.894. The molecule has 0 fully saturated rings. The highest BCUT2D eigenvalue weighted by Gasteiger charge is 2.08. The van der Waals surface area contributed by atoms with Gasteiger partial charge in [-0.15, -0.1) is 0 Å². The minimum absolute atomic E-state index is 0.894. The van der Waals surface area contributed by atoms with Crippen LogP contribution in [0.3, 0.4) is 0 Å². The van der Waals surface area contributed by atoms with Crippen molar-refractivity contribution in [3.05, 3.63) is 65.5 Å². The van der Waals surface area contributed by atoms with Gasteiger partial charge in [-0.3, -0.25) is 0 Å². The molecule has 0 amide bonds. The van der Waals surface area contributed by atoms with Crippen LogP contribution < -0.4 is 0 Å². The van der Waals surface area contributed by atoms with E-state index in [1.807, 2.05) is 6.07 Å². The maximum atomic E-state index is 4.71. The number of benzene rings is 2. The van der Waals surface area contributed by atoms with Gasteiger partial charge in [0, 0.05) is 13.0 Å². The lowest BCUT2D eigenvalue weighted by Crippen LogP contribution is -2.04. The summed E-state index contributed by atoms with van der Waals surface area (Å²) in [6.07, 6.45) is 0.959. The zero-order valence-electron chi connectivity index (χ0n) is 11.4. The zero-order chi connectivity index (χ0) is 13.2. The number of hydrogen-bond donors (Lipinski definition) is 0. The Morgan fingerprint density at radius 2 is 1.89 bits per heavy atom. The summed E-state index contributed by atoms with van der Waals surface area (Å²) in [6, 6.07) is 17.0. The molecular weight excluding hydrogens is 232 g/mol. The fourth-order valence-electron chi connectivity index (χ4n) is 2.56. The van der Waals surface area contributed by atoms with Crippen LogP contribution in [0.15, 0.2) is 48.5 Å². The number of nitrogens with zero attached hydrogens (tertiary/aromatic N) is 2. The zero-order valence-corrected chi connectivity index (χ0v) is 11.4. The molecule has 0 N–H and O–H groups in total. The molecule has 3 aromatic rings. The molecule has 0 aliphatic heterocycles. The first-order valence-electron chi connectivity index (χ1n) is 6.77.